The minimum Gasteiger partial charge on any atom is -0.495 e. The van der Waals surface area contributed by atoms with Crippen molar-refractivity contribution in [2.24, 2.45) is 0 Å². The Morgan fingerprint density at radius 3 is 2.32 bits per heavy atom. The monoisotopic (exact) mass is 339 g/mol. The van der Waals surface area contributed by atoms with Gasteiger partial charge in [0.25, 0.3) is 0 Å². The van der Waals surface area contributed by atoms with Crippen LogP contribution in [0.2, 0.25) is 0 Å². The number of aliphatic hydroxyl groups is 1. The van der Waals surface area contributed by atoms with Gasteiger partial charge in [0.2, 0.25) is 0 Å². The number of nitrogens with one attached hydrogen (secondary N) is 2. The van der Waals surface area contributed by atoms with Gasteiger partial charge in [-0.25, -0.2) is 0 Å². The Morgan fingerprint density at radius 1 is 1.08 bits per heavy atom. The summed E-state index contributed by atoms with van der Waals surface area (Å²) in [6, 6.07) is 16.8. The second kappa shape index (κ2) is 7.97. The lowest BCUT2D eigenvalue weighted by Gasteiger charge is -2.24. The Kier molecular flexibility index (Phi) is 5.97. The van der Waals surface area contributed by atoms with E-state index < -0.39 is 0 Å². The first-order valence-corrected chi connectivity index (χ1v) is 8.57. The first-order valence-electron chi connectivity index (χ1n) is 8.57. The minimum absolute atomic E-state index is 0.00116. The fourth-order valence-electron chi connectivity index (χ4n) is 2.61. The molecule has 4 nitrogen and oxygen atoms in total. The molecule has 0 saturated carbocycles. The predicted molar refractivity (Wildman–Crippen MR) is 108 cm³/mol. The van der Waals surface area contributed by atoms with Gasteiger partial charge < -0.3 is 20.6 Å². The van der Waals surface area contributed by atoms with Crippen LogP contribution >= 0.6 is 0 Å². The molecule has 2 rings (SSSR count). The van der Waals surface area contributed by atoms with Crippen LogP contribution in [0.1, 0.15) is 26.3 Å². The maximum atomic E-state index is 9.13. The third-order valence-electron chi connectivity index (χ3n) is 4.12. The van der Waals surface area contributed by atoms with Crippen LogP contribution in [0, 0.1) is 0 Å². The van der Waals surface area contributed by atoms with Gasteiger partial charge in [0.15, 0.2) is 5.88 Å². The van der Waals surface area contributed by atoms with Gasteiger partial charge in [-0.15, -0.1) is 0 Å². The molecule has 0 atom stereocenters. The number of likely N-dealkylation sites (N-methyl/N-ethyl adjacent to an activating group) is 1. The highest BCUT2D eigenvalue weighted by Crippen LogP contribution is 2.29. The Hall–Kier alpha value is -2.62. The van der Waals surface area contributed by atoms with E-state index in [0.29, 0.717) is 6.54 Å². The highest BCUT2D eigenvalue weighted by Gasteiger charge is 2.13. The predicted octanol–water partition coefficient (Wildman–Crippen LogP) is 4.78. The summed E-state index contributed by atoms with van der Waals surface area (Å²) in [5.41, 5.74) is 4.69. The van der Waals surface area contributed by atoms with Crippen LogP contribution in [0.3, 0.4) is 0 Å². The molecule has 0 aliphatic heterocycles. The van der Waals surface area contributed by atoms with E-state index in [0.717, 1.165) is 23.6 Å². The number of rotatable bonds is 7. The van der Waals surface area contributed by atoms with Gasteiger partial charge in [0.1, 0.15) is 0 Å². The van der Waals surface area contributed by atoms with E-state index in [9.17, 15) is 0 Å². The molecule has 3 N–H and O–H groups in total. The van der Waals surface area contributed by atoms with Crippen molar-refractivity contribution in [2.75, 3.05) is 30.4 Å². The van der Waals surface area contributed by atoms with Crippen molar-refractivity contribution in [1.29, 1.82) is 0 Å². The average Bonchev–Trinajstić information content (AvgIpc) is 2.54. The second-order valence-electron chi connectivity index (χ2n) is 7.26. The fraction of sp³-hybridized carbons (Fsp3) is 0.333. The van der Waals surface area contributed by atoms with Gasteiger partial charge in [-0.1, -0.05) is 45.0 Å². The average molecular weight is 339 g/mol. The summed E-state index contributed by atoms with van der Waals surface area (Å²) in [6.45, 7) is 11.5. The van der Waals surface area contributed by atoms with Crippen molar-refractivity contribution < 1.29 is 5.11 Å². The molecule has 0 spiro atoms. The molecule has 134 valence electrons. The molecule has 0 aromatic heterocycles. The SMILES string of the molecule is C=C(O)NCCN(C)c1ccccc1Nc1ccc(C(C)(C)C)cc1. The topological polar surface area (TPSA) is 47.5 Å². The van der Waals surface area contributed by atoms with Crippen LogP contribution in [-0.4, -0.2) is 25.2 Å². The van der Waals surface area contributed by atoms with Crippen molar-refractivity contribution >= 4 is 17.1 Å². The van der Waals surface area contributed by atoms with Crippen molar-refractivity contribution in [3.63, 3.8) is 0 Å². The smallest absolute Gasteiger partial charge is 0.176 e. The van der Waals surface area contributed by atoms with Crippen LogP contribution in [0.15, 0.2) is 61.0 Å². The van der Waals surface area contributed by atoms with Gasteiger partial charge >= 0.3 is 0 Å². The Morgan fingerprint density at radius 2 is 1.72 bits per heavy atom. The summed E-state index contributed by atoms with van der Waals surface area (Å²) in [5.74, 6) is -0.00116. The highest BCUT2D eigenvalue weighted by atomic mass is 16.3. The molecule has 4 heteroatoms. The first-order chi connectivity index (χ1) is 11.8. The zero-order valence-corrected chi connectivity index (χ0v) is 15.6. The lowest BCUT2D eigenvalue weighted by Crippen LogP contribution is -2.28. The first kappa shape index (κ1) is 18.7. The molecule has 25 heavy (non-hydrogen) atoms. The molecule has 0 amide bonds. The van der Waals surface area contributed by atoms with Gasteiger partial charge in [0.05, 0.1) is 11.4 Å². The third-order valence-corrected chi connectivity index (χ3v) is 4.12. The molecule has 0 radical (unpaired) electrons. The quantitative estimate of drug-likeness (QED) is 0.635. The van der Waals surface area contributed by atoms with E-state index in [1.807, 2.05) is 19.2 Å². The van der Waals surface area contributed by atoms with E-state index in [4.69, 9.17) is 5.11 Å². The number of nitrogens with zero attached hydrogens (tertiary/aromatic N) is 1. The fourth-order valence-corrected chi connectivity index (χ4v) is 2.61. The summed E-state index contributed by atoms with van der Waals surface area (Å²) in [6.07, 6.45) is 0. The molecular formula is C21H29N3O. The number of hydrogen-bond donors (Lipinski definition) is 3. The Labute approximate surface area is 151 Å². The van der Waals surface area contributed by atoms with Gasteiger partial charge in [-0.2, -0.15) is 0 Å². The third kappa shape index (κ3) is 5.45. The van der Waals surface area contributed by atoms with E-state index in [1.165, 1.54) is 5.56 Å². The second-order valence-corrected chi connectivity index (χ2v) is 7.26. The van der Waals surface area contributed by atoms with Crippen molar-refractivity contribution in [3.05, 3.63) is 66.6 Å². The molecule has 0 heterocycles. The molecule has 0 fully saturated rings. The van der Waals surface area contributed by atoms with E-state index in [2.05, 4.69) is 79.3 Å². The molecule has 0 aliphatic rings. The summed E-state index contributed by atoms with van der Waals surface area (Å²) in [5, 5.41) is 15.5. The van der Waals surface area contributed by atoms with Gasteiger partial charge in [0, 0.05) is 25.8 Å². The van der Waals surface area contributed by atoms with Crippen LogP contribution in [0.4, 0.5) is 17.1 Å². The van der Waals surface area contributed by atoms with Crippen LogP contribution in [-0.2, 0) is 5.41 Å². The molecule has 0 saturated heterocycles. The summed E-state index contributed by atoms with van der Waals surface area (Å²) in [7, 11) is 2.03. The zero-order chi connectivity index (χ0) is 18.4. The lowest BCUT2D eigenvalue weighted by molar-refractivity contribution is 0.368. The molecule has 2 aromatic carbocycles. The van der Waals surface area contributed by atoms with Crippen LogP contribution < -0.4 is 15.5 Å². The molecule has 2 aromatic rings. The lowest BCUT2D eigenvalue weighted by atomic mass is 9.87. The normalized spacial score (nSPS) is 11.0. The molecular weight excluding hydrogens is 310 g/mol. The highest BCUT2D eigenvalue weighted by molar-refractivity contribution is 5.75. The Bertz CT molecular complexity index is 702. The van der Waals surface area contributed by atoms with Gasteiger partial charge in [-0.05, 0) is 41.8 Å². The zero-order valence-electron chi connectivity index (χ0n) is 15.6. The standard InChI is InChI=1S/C21H29N3O/c1-16(25)22-14-15-24(5)20-9-7-6-8-19(20)23-18-12-10-17(11-13-18)21(2,3)4/h6-13,22-23,25H,1,14-15H2,2-5H3. The van der Waals surface area contributed by atoms with Crippen LogP contribution in [0.25, 0.3) is 0 Å². The molecule has 0 unspecified atom stereocenters. The molecule has 0 aliphatic carbocycles. The van der Waals surface area contributed by atoms with Crippen molar-refractivity contribution in [3.8, 4) is 0 Å². The van der Waals surface area contributed by atoms with Crippen LogP contribution in [0.5, 0.6) is 0 Å². The summed E-state index contributed by atoms with van der Waals surface area (Å²) in [4.78, 5) is 2.14. The summed E-state index contributed by atoms with van der Waals surface area (Å²) >= 11 is 0. The number of para-hydroxylation sites is 2. The van der Waals surface area contributed by atoms with E-state index >= 15 is 0 Å². The number of benzene rings is 2. The summed E-state index contributed by atoms with van der Waals surface area (Å²) < 4.78 is 0. The maximum absolute atomic E-state index is 9.13. The maximum Gasteiger partial charge on any atom is 0.176 e. The Balaban J connectivity index is 2.11. The largest absolute Gasteiger partial charge is 0.495 e. The minimum atomic E-state index is -0.00116. The number of anilines is 3. The number of hydrogen-bond acceptors (Lipinski definition) is 4. The van der Waals surface area contributed by atoms with Crippen molar-refractivity contribution in [2.45, 2.75) is 26.2 Å². The van der Waals surface area contributed by atoms with Gasteiger partial charge in [-0.3, -0.25) is 0 Å². The van der Waals surface area contributed by atoms with E-state index in [-0.39, 0.29) is 11.3 Å². The number of aliphatic hydroxyl groups excluding tert-OH is 1. The molecule has 0 bridgehead atoms. The van der Waals surface area contributed by atoms with E-state index in [1.54, 1.807) is 0 Å². The van der Waals surface area contributed by atoms with Crippen molar-refractivity contribution in [1.82, 2.24) is 5.32 Å².